The molecule has 1 aliphatic rings. The lowest BCUT2D eigenvalue weighted by atomic mass is 10.2. The number of nitro benzene ring substituents is 1. The van der Waals surface area contributed by atoms with Crippen molar-refractivity contribution < 1.29 is 9.72 Å². The highest BCUT2D eigenvalue weighted by atomic mass is 32.2. The second kappa shape index (κ2) is 7.42. The predicted molar refractivity (Wildman–Crippen MR) is 82.4 cm³/mol. The molecule has 0 saturated carbocycles. The van der Waals surface area contributed by atoms with Crippen molar-refractivity contribution in [2.24, 2.45) is 0 Å². The van der Waals surface area contributed by atoms with Crippen molar-refractivity contribution in [1.82, 2.24) is 10.6 Å². The van der Waals surface area contributed by atoms with E-state index >= 15 is 0 Å². The largest absolute Gasteiger partial charge is 0.354 e. The van der Waals surface area contributed by atoms with Crippen molar-refractivity contribution in [3.8, 4) is 0 Å². The molecule has 2 unspecified atom stereocenters. The Morgan fingerprint density at radius 2 is 2.24 bits per heavy atom. The Morgan fingerprint density at radius 1 is 1.52 bits per heavy atom. The van der Waals surface area contributed by atoms with Crippen molar-refractivity contribution in [1.29, 1.82) is 0 Å². The molecule has 0 aliphatic carbocycles. The van der Waals surface area contributed by atoms with Crippen LogP contribution in [0.3, 0.4) is 0 Å². The summed E-state index contributed by atoms with van der Waals surface area (Å²) in [5, 5.41) is 16.6. The Labute approximate surface area is 127 Å². The fourth-order valence-electron chi connectivity index (χ4n) is 2.20. The van der Waals surface area contributed by atoms with Crippen LogP contribution in [0.5, 0.6) is 0 Å². The number of nitrogens with zero attached hydrogens (tertiary/aromatic N) is 1. The smallest absolute Gasteiger partial charge is 0.269 e. The van der Waals surface area contributed by atoms with Gasteiger partial charge < -0.3 is 10.6 Å². The van der Waals surface area contributed by atoms with E-state index in [0.717, 1.165) is 24.3 Å². The molecule has 2 rings (SSSR count). The van der Waals surface area contributed by atoms with Crippen molar-refractivity contribution in [3.05, 3.63) is 34.4 Å². The third-order valence-corrected chi connectivity index (χ3v) is 4.53. The minimum absolute atomic E-state index is 0.00736. The highest BCUT2D eigenvalue weighted by Crippen LogP contribution is 2.25. The summed E-state index contributed by atoms with van der Waals surface area (Å²) in [7, 11) is 0. The second-order valence-electron chi connectivity index (χ2n) is 5.05. The van der Waals surface area contributed by atoms with Crippen LogP contribution >= 0.6 is 11.8 Å². The zero-order valence-electron chi connectivity index (χ0n) is 11.9. The van der Waals surface area contributed by atoms with Gasteiger partial charge >= 0.3 is 0 Å². The first-order valence-corrected chi connectivity index (χ1v) is 7.86. The topological polar surface area (TPSA) is 84.3 Å². The molecule has 1 aromatic rings. The Hall–Kier alpha value is -1.60. The summed E-state index contributed by atoms with van der Waals surface area (Å²) in [5.41, 5.74) is 0.0590. The van der Waals surface area contributed by atoms with Crippen molar-refractivity contribution in [2.45, 2.75) is 36.0 Å². The highest BCUT2D eigenvalue weighted by molar-refractivity contribution is 8.00. The van der Waals surface area contributed by atoms with Crippen molar-refractivity contribution >= 4 is 23.4 Å². The minimum Gasteiger partial charge on any atom is -0.354 e. The molecule has 114 valence electrons. The molecule has 2 atom stereocenters. The zero-order chi connectivity index (χ0) is 15.2. The summed E-state index contributed by atoms with van der Waals surface area (Å²) < 4.78 is 0. The Morgan fingerprint density at radius 3 is 2.81 bits per heavy atom. The molecule has 0 spiro atoms. The molecular weight excluding hydrogens is 290 g/mol. The van der Waals surface area contributed by atoms with Gasteiger partial charge in [-0.2, -0.15) is 0 Å². The van der Waals surface area contributed by atoms with Gasteiger partial charge in [0.2, 0.25) is 5.91 Å². The number of hydrogen-bond donors (Lipinski definition) is 2. The fourth-order valence-corrected chi connectivity index (χ4v) is 3.09. The summed E-state index contributed by atoms with van der Waals surface area (Å²) in [6.45, 7) is 3.51. The van der Waals surface area contributed by atoms with E-state index in [1.165, 1.54) is 23.9 Å². The van der Waals surface area contributed by atoms with E-state index in [4.69, 9.17) is 0 Å². The van der Waals surface area contributed by atoms with Crippen molar-refractivity contribution in [3.63, 3.8) is 0 Å². The minimum atomic E-state index is -0.431. The molecule has 2 N–H and O–H groups in total. The van der Waals surface area contributed by atoms with E-state index in [1.54, 1.807) is 12.1 Å². The predicted octanol–water partition coefficient (Wildman–Crippen LogP) is 1.94. The van der Waals surface area contributed by atoms with Gasteiger partial charge in [0.15, 0.2) is 0 Å². The van der Waals surface area contributed by atoms with Gasteiger partial charge in [-0.15, -0.1) is 11.8 Å². The van der Waals surface area contributed by atoms with Crippen molar-refractivity contribution in [2.75, 3.05) is 13.1 Å². The zero-order valence-corrected chi connectivity index (χ0v) is 12.7. The quantitative estimate of drug-likeness (QED) is 0.476. The van der Waals surface area contributed by atoms with E-state index in [2.05, 4.69) is 10.6 Å². The second-order valence-corrected chi connectivity index (χ2v) is 6.46. The van der Waals surface area contributed by atoms with Crippen LogP contribution in [0.4, 0.5) is 5.69 Å². The normalized spacial score (nSPS) is 19.2. The number of nitrogens with one attached hydrogen (secondary N) is 2. The Balaban J connectivity index is 1.80. The van der Waals surface area contributed by atoms with Gasteiger partial charge in [0.1, 0.15) is 0 Å². The monoisotopic (exact) mass is 309 g/mol. The standard InChI is InChI=1S/C14H19N3O3S/c1-10(14(18)16-9-11-3-2-8-15-11)21-13-6-4-12(5-7-13)17(19)20/h4-7,10-11,15H,2-3,8-9H2,1H3,(H,16,18). The summed E-state index contributed by atoms with van der Waals surface area (Å²) >= 11 is 1.40. The van der Waals surface area contributed by atoms with E-state index in [1.807, 2.05) is 6.92 Å². The number of hydrogen-bond acceptors (Lipinski definition) is 5. The summed E-state index contributed by atoms with van der Waals surface area (Å²) in [5.74, 6) is -0.00736. The average molecular weight is 309 g/mol. The first-order chi connectivity index (χ1) is 10.1. The molecule has 0 radical (unpaired) electrons. The summed E-state index contributed by atoms with van der Waals surface area (Å²) in [6.07, 6.45) is 2.26. The maximum Gasteiger partial charge on any atom is 0.269 e. The molecule has 6 nitrogen and oxygen atoms in total. The number of carbonyl (C=O) groups is 1. The molecule has 21 heavy (non-hydrogen) atoms. The lowest BCUT2D eigenvalue weighted by Crippen LogP contribution is -2.40. The molecular formula is C14H19N3O3S. The SMILES string of the molecule is CC(Sc1ccc([N+](=O)[O-])cc1)C(=O)NCC1CCCN1. The van der Waals surface area contributed by atoms with Crippen LogP contribution in [0.25, 0.3) is 0 Å². The van der Waals surface area contributed by atoms with Crippen LogP contribution < -0.4 is 10.6 Å². The third kappa shape index (κ3) is 4.71. The van der Waals surface area contributed by atoms with Crippen LogP contribution in [0.1, 0.15) is 19.8 Å². The maximum absolute atomic E-state index is 12.0. The number of thioether (sulfide) groups is 1. The molecule has 0 bridgehead atoms. The van der Waals surface area contributed by atoms with Gasteiger partial charge in [0, 0.05) is 29.6 Å². The number of non-ortho nitro benzene ring substituents is 1. The van der Waals surface area contributed by atoms with Gasteiger partial charge in [-0.05, 0) is 38.4 Å². The van der Waals surface area contributed by atoms with Crippen LogP contribution in [0.2, 0.25) is 0 Å². The lowest BCUT2D eigenvalue weighted by molar-refractivity contribution is -0.384. The van der Waals surface area contributed by atoms with E-state index in [0.29, 0.717) is 12.6 Å². The lowest BCUT2D eigenvalue weighted by Gasteiger charge is -2.15. The molecule has 0 aromatic heterocycles. The molecule has 1 amide bonds. The number of nitro groups is 1. The van der Waals surface area contributed by atoms with E-state index < -0.39 is 4.92 Å². The van der Waals surface area contributed by atoms with E-state index in [-0.39, 0.29) is 16.8 Å². The van der Waals surface area contributed by atoms with Gasteiger partial charge in [-0.1, -0.05) is 0 Å². The van der Waals surface area contributed by atoms with Gasteiger partial charge in [0.25, 0.3) is 5.69 Å². The molecule has 1 aromatic carbocycles. The number of benzene rings is 1. The summed E-state index contributed by atoms with van der Waals surface area (Å²) in [4.78, 5) is 23.0. The number of rotatable bonds is 6. The van der Waals surface area contributed by atoms with E-state index in [9.17, 15) is 14.9 Å². The Kier molecular flexibility index (Phi) is 5.58. The molecule has 1 aliphatic heterocycles. The van der Waals surface area contributed by atoms with Gasteiger partial charge in [-0.25, -0.2) is 0 Å². The van der Waals surface area contributed by atoms with Crippen LogP contribution in [0.15, 0.2) is 29.2 Å². The summed E-state index contributed by atoms with van der Waals surface area (Å²) in [6, 6.07) is 6.63. The fraction of sp³-hybridized carbons (Fsp3) is 0.500. The highest BCUT2D eigenvalue weighted by Gasteiger charge is 2.18. The van der Waals surface area contributed by atoms with Crippen LogP contribution in [-0.4, -0.2) is 35.2 Å². The molecule has 1 fully saturated rings. The average Bonchev–Trinajstić information content (AvgIpc) is 2.98. The van der Waals surface area contributed by atoms with Gasteiger partial charge in [0.05, 0.1) is 10.2 Å². The van der Waals surface area contributed by atoms with Crippen LogP contribution in [0, 0.1) is 10.1 Å². The molecule has 1 heterocycles. The molecule has 7 heteroatoms. The first-order valence-electron chi connectivity index (χ1n) is 6.98. The Bertz CT molecular complexity index is 501. The first kappa shape index (κ1) is 15.8. The maximum atomic E-state index is 12.0. The number of carbonyl (C=O) groups excluding carboxylic acids is 1. The van der Waals surface area contributed by atoms with Crippen LogP contribution in [-0.2, 0) is 4.79 Å². The number of amides is 1. The van der Waals surface area contributed by atoms with Gasteiger partial charge in [-0.3, -0.25) is 14.9 Å². The third-order valence-electron chi connectivity index (χ3n) is 3.41. The molecule has 1 saturated heterocycles.